The second-order valence-electron chi connectivity index (χ2n) is 15.2. The number of carbonyl (C=O) groups is 2. The molecule has 0 fully saturated rings. The van der Waals surface area contributed by atoms with Crippen molar-refractivity contribution < 1.29 is 23.8 Å². The highest BCUT2D eigenvalue weighted by atomic mass is 35.5. The van der Waals surface area contributed by atoms with Gasteiger partial charge in [-0.3, -0.25) is 28.7 Å². The first-order chi connectivity index (χ1) is 31.6. The molecule has 17 heteroatoms. The maximum atomic E-state index is 13.3. The van der Waals surface area contributed by atoms with Crippen LogP contribution in [0.25, 0.3) is 11.4 Å². The first-order valence-electron chi connectivity index (χ1n) is 21.5. The third-order valence-electron chi connectivity index (χ3n) is 10.6. The van der Waals surface area contributed by atoms with Gasteiger partial charge in [0.1, 0.15) is 35.2 Å². The van der Waals surface area contributed by atoms with Crippen LogP contribution in [-0.2, 0) is 14.3 Å². The Morgan fingerprint density at radius 1 is 0.831 bits per heavy atom. The number of benzene rings is 4. The normalized spacial score (nSPS) is 13.7. The summed E-state index contributed by atoms with van der Waals surface area (Å²) < 4.78 is 20.7. The van der Waals surface area contributed by atoms with Gasteiger partial charge in [0.15, 0.2) is 11.6 Å². The van der Waals surface area contributed by atoms with Crippen molar-refractivity contribution in [3.8, 4) is 22.9 Å². The number of nitrogens with one attached hydrogen (secondary N) is 2. The van der Waals surface area contributed by atoms with Crippen molar-refractivity contribution in [2.45, 2.75) is 63.4 Å². The number of hydrogen-bond acceptors (Lipinski definition) is 12. The minimum Gasteiger partial charge on any atom is -0.497 e. The molecule has 0 saturated heterocycles. The van der Waals surface area contributed by atoms with E-state index in [9.17, 15) is 9.59 Å². The van der Waals surface area contributed by atoms with Gasteiger partial charge in [-0.05, 0) is 106 Å². The molecule has 1 aliphatic heterocycles. The molecule has 0 saturated carbocycles. The van der Waals surface area contributed by atoms with Crippen LogP contribution in [0.5, 0.6) is 11.5 Å². The molecule has 2 unspecified atom stereocenters. The van der Waals surface area contributed by atoms with Crippen molar-refractivity contribution in [2.24, 2.45) is 9.98 Å². The molecular weight excluding hydrogens is 864 g/mol. The average molecular weight is 918 g/mol. The molecule has 2 atom stereocenters. The molecule has 2 aromatic heterocycles. The summed E-state index contributed by atoms with van der Waals surface area (Å²) >= 11 is 7.99. The minimum absolute atomic E-state index is 0.0967. The summed E-state index contributed by atoms with van der Waals surface area (Å²) in [5.41, 5.74) is 5.04. The van der Waals surface area contributed by atoms with Crippen molar-refractivity contribution in [1.82, 2.24) is 40.2 Å². The number of methoxy groups -OCH3 is 2. The number of amides is 2. The lowest BCUT2D eigenvalue weighted by Gasteiger charge is -2.15. The van der Waals surface area contributed by atoms with Crippen LogP contribution in [0.4, 0.5) is 0 Å². The largest absolute Gasteiger partial charge is 0.497 e. The molecule has 0 bridgehead atoms. The minimum atomic E-state index is -0.578. The summed E-state index contributed by atoms with van der Waals surface area (Å²) in [5.74, 6) is 4.62. The molecule has 1 aliphatic rings. The Hall–Kier alpha value is -6.36. The fourth-order valence-electron chi connectivity index (χ4n) is 7.41. The second-order valence-corrected chi connectivity index (χ2v) is 16.8. The van der Waals surface area contributed by atoms with E-state index in [4.69, 9.17) is 35.8 Å². The van der Waals surface area contributed by atoms with E-state index in [0.29, 0.717) is 72.5 Å². The molecule has 7 rings (SSSR count). The van der Waals surface area contributed by atoms with Gasteiger partial charge in [0.05, 0.1) is 38.5 Å². The summed E-state index contributed by atoms with van der Waals surface area (Å²) in [6, 6.07) is 28.0. The maximum absolute atomic E-state index is 13.3. The SMILES string of the molecule is CCNC(=O)CC(N=Cc1ccc(SCCCOCCCNC(=O)CC2N=C(c3ccc(Cl)cc3)c3cc(OC)ccc3-n3c(C)nnc32)cc1)c1nnc(C)n1-c1ccc(OC)cc1. The Kier molecular flexibility index (Phi) is 16.1. The molecule has 6 aromatic rings. The number of carbonyl (C=O) groups excluding carboxylic acids is 2. The van der Waals surface area contributed by atoms with Crippen LogP contribution in [0.1, 0.15) is 84.7 Å². The van der Waals surface area contributed by atoms with E-state index in [1.807, 2.05) is 109 Å². The Morgan fingerprint density at radius 2 is 1.54 bits per heavy atom. The molecule has 4 aromatic carbocycles. The zero-order chi connectivity index (χ0) is 45.7. The lowest BCUT2D eigenvalue weighted by atomic mass is 10.00. The van der Waals surface area contributed by atoms with Crippen LogP contribution in [0.2, 0.25) is 5.02 Å². The number of halogens is 1. The van der Waals surface area contributed by atoms with Gasteiger partial charge in [0.2, 0.25) is 11.8 Å². The number of rotatable bonds is 21. The van der Waals surface area contributed by atoms with E-state index in [0.717, 1.165) is 50.9 Å². The van der Waals surface area contributed by atoms with Crippen molar-refractivity contribution in [3.05, 3.63) is 136 Å². The molecule has 0 spiro atoms. The fourth-order valence-corrected chi connectivity index (χ4v) is 8.36. The van der Waals surface area contributed by atoms with Crippen LogP contribution in [0.15, 0.2) is 106 Å². The van der Waals surface area contributed by atoms with E-state index < -0.39 is 12.1 Å². The van der Waals surface area contributed by atoms with E-state index >= 15 is 0 Å². The predicted molar refractivity (Wildman–Crippen MR) is 254 cm³/mol. The summed E-state index contributed by atoms with van der Waals surface area (Å²) in [4.78, 5) is 37.2. The lowest BCUT2D eigenvalue weighted by Crippen LogP contribution is -2.27. The highest BCUT2D eigenvalue weighted by molar-refractivity contribution is 7.99. The number of thioether (sulfide) groups is 1. The number of hydrogen-bond donors (Lipinski definition) is 2. The van der Waals surface area contributed by atoms with Gasteiger partial charge in [-0.15, -0.1) is 32.2 Å². The van der Waals surface area contributed by atoms with Gasteiger partial charge >= 0.3 is 0 Å². The van der Waals surface area contributed by atoms with Crippen LogP contribution in [-0.4, -0.2) is 99.5 Å². The van der Waals surface area contributed by atoms with Gasteiger partial charge in [-0.1, -0.05) is 35.9 Å². The Bertz CT molecular complexity index is 2610. The molecule has 0 radical (unpaired) electrons. The molecular formula is C48H53ClN10O5S. The zero-order valence-corrected chi connectivity index (χ0v) is 38.7. The summed E-state index contributed by atoms with van der Waals surface area (Å²) in [6.07, 6.45) is 3.56. The number of aryl methyl sites for hydroxylation is 2. The standard InChI is InChI=1S/C48H53ClN10O5S/c1-6-50-44(60)28-41(47-56-54-31(2)58(47)36-15-17-37(62-4)18-16-36)52-30-33-9-20-39(21-10-33)65-26-8-25-64-24-7-23-51-45(61)29-42-48-57-55-32(3)59(48)43-22-19-38(63-5)27-40(43)46(53-42)34-11-13-35(49)14-12-34/h9-22,27,30,41-42H,6-8,23-26,28-29H2,1-5H3,(H,50,60)(H,51,61). The van der Waals surface area contributed by atoms with Gasteiger partial charge in [0.25, 0.3) is 0 Å². The Morgan fingerprint density at radius 3 is 2.28 bits per heavy atom. The van der Waals surface area contributed by atoms with Gasteiger partial charge in [-0.25, -0.2) is 0 Å². The van der Waals surface area contributed by atoms with Crippen LogP contribution < -0.4 is 20.1 Å². The number of nitrogens with zero attached hydrogens (tertiary/aromatic N) is 8. The topological polar surface area (TPSA) is 172 Å². The number of fused-ring (bicyclic) bond motifs is 3. The first-order valence-corrected chi connectivity index (χ1v) is 22.9. The van der Waals surface area contributed by atoms with E-state index in [2.05, 4.69) is 43.2 Å². The molecule has 65 heavy (non-hydrogen) atoms. The highest BCUT2D eigenvalue weighted by Crippen LogP contribution is 2.35. The average Bonchev–Trinajstić information content (AvgIpc) is 3.87. The van der Waals surface area contributed by atoms with Crippen molar-refractivity contribution >= 4 is 47.1 Å². The highest BCUT2D eigenvalue weighted by Gasteiger charge is 2.30. The van der Waals surface area contributed by atoms with E-state index in [-0.39, 0.29) is 24.7 Å². The maximum Gasteiger partial charge on any atom is 0.222 e. The van der Waals surface area contributed by atoms with E-state index in [1.165, 1.54) is 0 Å². The van der Waals surface area contributed by atoms with Crippen molar-refractivity contribution in [1.29, 1.82) is 0 Å². The molecule has 2 N–H and O–H groups in total. The van der Waals surface area contributed by atoms with Gasteiger partial charge < -0.3 is 24.8 Å². The monoisotopic (exact) mass is 916 g/mol. The van der Waals surface area contributed by atoms with Crippen molar-refractivity contribution in [3.63, 3.8) is 0 Å². The van der Waals surface area contributed by atoms with Crippen molar-refractivity contribution in [2.75, 3.05) is 46.3 Å². The predicted octanol–water partition coefficient (Wildman–Crippen LogP) is 7.81. The second kappa shape index (κ2) is 22.5. The fraction of sp³-hybridized carbons (Fsp3) is 0.333. The first kappa shape index (κ1) is 46.6. The molecule has 15 nitrogen and oxygen atoms in total. The van der Waals surface area contributed by atoms with E-state index in [1.54, 1.807) is 32.2 Å². The summed E-state index contributed by atoms with van der Waals surface area (Å²) in [6.45, 7) is 7.80. The summed E-state index contributed by atoms with van der Waals surface area (Å²) in [5, 5.41) is 24.2. The number of aliphatic imine (C=N–C) groups is 2. The van der Waals surface area contributed by atoms with Crippen LogP contribution in [0.3, 0.4) is 0 Å². The number of aromatic nitrogens is 6. The molecule has 3 heterocycles. The molecule has 338 valence electrons. The Balaban J connectivity index is 0.864. The smallest absolute Gasteiger partial charge is 0.222 e. The third-order valence-corrected chi connectivity index (χ3v) is 12.0. The number of ether oxygens (including phenoxy) is 3. The third kappa shape index (κ3) is 11.9. The Labute approximate surface area is 388 Å². The quantitative estimate of drug-likeness (QED) is 0.0412. The molecule has 0 aliphatic carbocycles. The van der Waals surface area contributed by atoms with Gasteiger partial charge in [0, 0.05) is 65.0 Å². The lowest BCUT2D eigenvalue weighted by molar-refractivity contribution is -0.122. The molecule has 2 amide bonds. The summed E-state index contributed by atoms with van der Waals surface area (Å²) in [7, 11) is 3.25. The van der Waals surface area contributed by atoms with Gasteiger partial charge in [-0.2, -0.15) is 0 Å². The van der Waals surface area contributed by atoms with Crippen LogP contribution in [0, 0.1) is 13.8 Å². The van der Waals surface area contributed by atoms with Crippen LogP contribution >= 0.6 is 23.4 Å². The zero-order valence-electron chi connectivity index (χ0n) is 37.2.